The molecule has 2 unspecified atom stereocenters. The highest BCUT2D eigenvalue weighted by atomic mass is 32.2. The third-order valence-corrected chi connectivity index (χ3v) is 10.3. The van der Waals surface area contributed by atoms with Gasteiger partial charge in [0, 0.05) is 28.2 Å². The van der Waals surface area contributed by atoms with E-state index < -0.39 is 12.5 Å². The van der Waals surface area contributed by atoms with Gasteiger partial charge in [0.15, 0.2) is 0 Å². The van der Waals surface area contributed by atoms with E-state index in [4.69, 9.17) is 17.3 Å². The molecular weight excluding hydrogens is 545 g/mol. The van der Waals surface area contributed by atoms with Crippen LogP contribution in [0.5, 0.6) is 0 Å². The van der Waals surface area contributed by atoms with Crippen molar-refractivity contribution in [3.05, 3.63) is 58.5 Å². The van der Waals surface area contributed by atoms with E-state index in [0.29, 0.717) is 21.2 Å². The second-order valence-electron chi connectivity index (χ2n) is 10.6. The molecule has 2 heterocycles. The van der Waals surface area contributed by atoms with Crippen molar-refractivity contribution in [2.45, 2.75) is 81.6 Å². The second-order valence-corrected chi connectivity index (χ2v) is 13.4. The first-order chi connectivity index (χ1) is 19.0. The summed E-state index contributed by atoms with van der Waals surface area (Å²) in [5.41, 5.74) is 4.80. The maximum atomic E-state index is 12.7. The zero-order chi connectivity index (χ0) is 27.4. The van der Waals surface area contributed by atoms with Gasteiger partial charge in [-0.3, -0.25) is 14.5 Å². The molecule has 1 N–H and O–H groups in total. The molecule has 1 saturated carbocycles. The monoisotopic (exact) mass is 580 g/mol. The first kappa shape index (κ1) is 28.2. The molecule has 0 bridgehead atoms. The van der Waals surface area contributed by atoms with Crippen LogP contribution in [-0.4, -0.2) is 44.5 Å². The molecule has 2 aromatic rings. The van der Waals surface area contributed by atoms with Crippen LogP contribution >= 0.6 is 35.7 Å². The number of amides is 1. The average molecular weight is 581 g/mol. The van der Waals surface area contributed by atoms with Crippen molar-refractivity contribution >= 4 is 69.4 Å². The van der Waals surface area contributed by atoms with Crippen LogP contribution in [0.15, 0.2) is 52.3 Å². The zero-order valence-electron chi connectivity index (χ0n) is 22.4. The molecule has 8 heteroatoms. The Morgan fingerprint density at radius 1 is 1.10 bits per heavy atom. The summed E-state index contributed by atoms with van der Waals surface area (Å²) >= 11 is 8.39. The van der Waals surface area contributed by atoms with Crippen molar-refractivity contribution in [3.63, 3.8) is 0 Å². The van der Waals surface area contributed by atoms with Crippen LogP contribution in [0.4, 0.5) is 11.4 Å². The summed E-state index contributed by atoms with van der Waals surface area (Å²) in [4.78, 5) is 29.4. The Bertz CT molecular complexity index is 1260. The lowest BCUT2D eigenvalue weighted by atomic mass is 9.96. The van der Waals surface area contributed by atoms with E-state index in [1.165, 1.54) is 97.1 Å². The van der Waals surface area contributed by atoms with E-state index in [1.54, 1.807) is 0 Å². The van der Waals surface area contributed by atoms with Crippen LogP contribution in [0, 0.1) is 0 Å². The molecule has 2 atom stereocenters. The number of thioether (sulfide) groups is 2. The average Bonchev–Trinajstić information content (AvgIpc) is 3.58. The number of unbranched alkanes of at least 4 members (excludes halogenated alkanes) is 5. The van der Waals surface area contributed by atoms with E-state index in [1.807, 2.05) is 17.8 Å². The molecule has 0 spiro atoms. The fourth-order valence-electron chi connectivity index (χ4n) is 6.00. The lowest BCUT2D eigenvalue weighted by molar-refractivity contribution is -0.140. The molecule has 1 saturated heterocycles. The van der Waals surface area contributed by atoms with Gasteiger partial charge in [-0.05, 0) is 78.6 Å². The Hall–Kier alpha value is -2.29. The van der Waals surface area contributed by atoms with E-state index in [9.17, 15) is 9.59 Å². The number of carboxylic acids is 1. The van der Waals surface area contributed by atoms with Crippen molar-refractivity contribution in [1.82, 2.24) is 4.90 Å². The zero-order valence-corrected chi connectivity index (χ0v) is 24.9. The van der Waals surface area contributed by atoms with Crippen molar-refractivity contribution in [2.24, 2.45) is 0 Å². The maximum absolute atomic E-state index is 12.7. The molecule has 5 nitrogen and oxygen atoms in total. The number of hydrogen-bond donors (Lipinski definition) is 1. The summed E-state index contributed by atoms with van der Waals surface area (Å²) < 4.78 is 0.297. The van der Waals surface area contributed by atoms with Crippen molar-refractivity contribution in [3.8, 4) is 0 Å². The molecule has 5 rings (SSSR count). The van der Waals surface area contributed by atoms with E-state index in [0.717, 1.165) is 10.5 Å². The lowest BCUT2D eigenvalue weighted by Crippen LogP contribution is -2.33. The van der Waals surface area contributed by atoms with Crippen LogP contribution in [0.25, 0.3) is 6.08 Å². The number of nitrogens with zero attached hydrogens (tertiary/aromatic N) is 2. The second kappa shape index (κ2) is 12.9. The number of thiocarbonyl (C=S) groups is 1. The number of aliphatic carboxylic acids is 1. The van der Waals surface area contributed by atoms with E-state index >= 15 is 0 Å². The first-order valence-corrected chi connectivity index (χ1v) is 16.3. The van der Waals surface area contributed by atoms with Gasteiger partial charge in [0.25, 0.3) is 5.91 Å². The van der Waals surface area contributed by atoms with Crippen LogP contribution in [0.1, 0.15) is 81.8 Å². The molecule has 3 aliphatic rings. The third-order valence-electron chi connectivity index (χ3n) is 7.87. The smallest absolute Gasteiger partial charge is 0.323 e. The Kier molecular flexibility index (Phi) is 9.36. The third kappa shape index (κ3) is 6.39. The summed E-state index contributed by atoms with van der Waals surface area (Å²) in [6, 6.07) is 16.0. The molecule has 0 aromatic heterocycles. The van der Waals surface area contributed by atoms with Crippen LogP contribution in [0.2, 0.25) is 0 Å². The number of carbonyl (C=O) groups is 2. The molecule has 39 heavy (non-hydrogen) atoms. The van der Waals surface area contributed by atoms with Gasteiger partial charge in [-0.1, -0.05) is 75.5 Å². The Morgan fingerprint density at radius 3 is 2.64 bits per heavy atom. The van der Waals surface area contributed by atoms with Crippen LogP contribution < -0.4 is 4.90 Å². The van der Waals surface area contributed by atoms with E-state index in [2.05, 4.69) is 54.3 Å². The number of carboxylic acid groups (broad SMARTS) is 1. The number of fused-ring (bicyclic) bond motifs is 3. The predicted octanol–water partition coefficient (Wildman–Crippen LogP) is 8.21. The minimum atomic E-state index is -1.07. The Labute approximate surface area is 245 Å². The minimum absolute atomic E-state index is 0.297. The fourth-order valence-corrected chi connectivity index (χ4v) is 8.17. The topological polar surface area (TPSA) is 60.9 Å². The molecule has 206 valence electrons. The van der Waals surface area contributed by atoms with Gasteiger partial charge < -0.3 is 10.0 Å². The lowest BCUT2D eigenvalue weighted by Gasteiger charge is -2.27. The maximum Gasteiger partial charge on any atom is 0.323 e. The number of carbonyl (C=O) groups excluding carboxylic acids is 1. The van der Waals surface area contributed by atoms with Gasteiger partial charge in [-0.15, -0.1) is 11.8 Å². The quantitative estimate of drug-likeness (QED) is 0.117. The minimum Gasteiger partial charge on any atom is -0.480 e. The summed E-state index contributed by atoms with van der Waals surface area (Å²) in [5, 5.41) is 9.11. The Balaban J connectivity index is 1.28. The van der Waals surface area contributed by atoms with Crippen molar-refractivity contribution < 1.29 is 14.7 Å². The first-order valence-electron chi connectivity index (χ1n) is 14.1. The van der Waals surface area contributed by atoms with Crippen LogP contribution in [-0.2, 0) is 9.59 Å². The SMILES string of the molecule is CCCCCCCCSc1ccc(N2c3ccc(/C=C4\SC(=S)N(CC(=O)O)C4=O)cc3C3CCCC32)cc1. The number of benzene rings is 2. The molecule has 2 aromatic carbocycles. The molecule has 0 radical (unpaired) electrons. The molecule has 2 aliphatic heterocycles. The number of rotatable bonds is 12. The van der Waals surface area contributed by atoms with Crippen molar-refractivity contribution in [1.29, 1.82) is 0 Å². The van der Waals surface area contributed by atoms with Crippen LogP contribution in [0.3, 0.4) is 0 Å². The summed E-state index contributed by atoms with van der Waals surface area (Å²) in [6.45, 7) is 1.86. The van der Waals surface area contributed by atoms with Gasteiger partial charge in [-0.2, -0.15) is 0 Å². The molecular formula is C31H36N2O3S3. The molecule has 1 aliphatic carbocycles. The van der Waals surface area contributed by atoms with Gasteiger partial charge in [-0.25, -0.2) is 0 Å². The number of hydrogen-bond acceptors (Lipinski definition) is 6. The summed E-state index contributed by atoms with van der Waals surface area (Å²) in [7, 11) is 0. The van der Waals surface area contributed by atoms with Crippen molar-refractivity contribution in [2.75, 3.05) is 17.2 Å². The normalized spacial score (nSPS) is 21.2. The fraction of sp³-hybridized carbons (Fsp3) is 0.452. The predicted molar refractivity (Wildman–Crippen MR) is 167 cm³/mol. The van der Waals surface area contributed by atoms with Gasteiger partial charge >= 0.3 is 5.97 Å². The highest BCUT2D eigenvalue weighted by Gasteiger charge is 2.42. The van der Waals surface area contributed by atoms with E-state index in [-0.39, 0.29) is 5.91 Å². The van der Waals surface area contributed by atoms with Gasteiger partial charge in [0.05, 0.1) is 4.91 Å². The number of anilines is 2. The Morgan fingerprint density at radius 2 is 1.87 bits per heavy atom. The van der Waals surface area contributed by atoms with Gasteiger partial charge in [0.2, 0.25) is 0 Å². The standard InChI is InChI=1S/C31H36N2O3S3/c1-2-3-4-5-6-7-17-38-23-14-12-22(13-15-23)33-26-10-8-9-24(26)25-18-21(11-16-27(25)33)19-28-30(36)32(20-29(34)35)31(37)39-28/h11-16,18-19,24,26H,2-10,17,20H2,1H3,(H,34,35)/b28-19-. The molecule has 1 amide bonds. The highest BCUT2D eigenvalue weighted by molar-refractivity contribution is 8.26. The molecule has 2 fully saturated rings. The highest BCUT2D eigenvalue weighted by Crippen LogP contribution is 2.52. The van der Waals surface area contributed by atoms with Gasteiger partial charge in [0.1, 0.15) is 10.9 Å². The summed E-state index contributed by atoms with van der Waals surface area (Å²) in [6.07, 6.45) is 13.4. The largest absolute Gasteiger partial charge is 0.480 e. The summed E-state index contributed by atoms with van der Waals surface area (Å²) in [5.74, 6) is 0.266.